The van der Waals surface area contributed by atoms with E-state index >= 15 is 0 Å². The predicted octanol–water partition coefficient (Wildman–Crippen LogP) is 10.7. The van der Waals surface area contributed by atoms with Crippen molar-refractivity contribution in [2.45, 2.75) is 132 Å². The van der Waals surface area contributed by atoms with Gasteiger partial charge in [0.25, 0.3) is 0 Å². The quantitative estimate of drug-likeness (QED) is 0.209. The molecule has 4 nitrogen and oxygen atoms in total. The van der Waals surface area contributed by atoms with Gasteiger partial charge in [0.05, 0.1) is 7.11 Å². The molecule has 0 heterocycles. The van der Waals surface area contributed by atoms with E-state index in [2.05, 4.69) is 55.4 Å². The van der Waals surface area contributed by atoms with Crippen molar-refractivity contribution in [3.05, 3.63) is 29.8 Å². The molecule has 4 fully saturated rings. The fourth-order valence-electron chi connectivity index (χ4n) is 12.1. The highest BCUT2D eigenvalue weighted by Gasteiger charge is 2.63. The first-order valence-corrected chi connectivity index (χ1v) is 18.5. The molecule has 4 heteroatoms. The summed E-state index contributed by atoms with van der Waals surface area (Å²) in [6.45, 7) is 19.9. The van der Waals surface area contributed by atoms with Crippen molar-refractivity contribution in [3.8, 4) is 11.5 Å². The van der Waals surface area contributed by atoms with Gasteiger partial charge in [0, 0.05) is 11.5 Å². The normalized spacial score (nSPS) is 37.0. The third-order valence-electron chi connectivity index (χ3n) is 14.6. The van der Waals surface area contributed by atoms with Gasteiger partial charge in [0.1, 0.15) is 6.10 Å². The summed E-state index contributed by atoms with van der Waals surface area (Å²) in [6, 6.07) is 5.08. The zero-order valence-electron chi connectivity index (χ0n) is 30.0. The molecule has 2 unspecified atom stereocenters. The zero-order valence-corrected chi connectivity index (χ0v) is 30.0. The van der Waals surface area contributed by atoms with Crippen molar-refractivity contribution in [2.75, 3.05) is 7.11 Å². The summed E-state index contributed by atoms with van der Waals surface area (Å²) in [5, 5.41) is 9.88. The number of hydrogen-bond acceptors (Lipinski definition) is 4. The van der Waals surface area contributed by atoms with Gasteiger partial charge < -0.3 is 14.6 Å². The number of aromatic hydroxyl groups is 1. The first kappa shape index (κ1) is 34.4. The first-order valence-electron chi connectivity index (χ1n) is 18.5. The fraction of sp³-hybridized carbons (Fsp3) is 0.780. The molecule has 0 saturated heterocycles. The first-order chi connectivity index (χ1) is 21.3. The van der Waals surface area contributed by atoms with Crippen molar-refractivity contribution >= 4 is 12.0 Å². The van der Waals surface area contributed by atoms with Gasteiger partial charge in [-0.3, -0.25) is 0 Å². The van der Waals surface area contributed by atoms with E-state index < -0.39 is 0 Å². The van der Waals surface area contributed by atoms with Crippen LogP contribution in [0.4, 0.5) is 0 Å². The molecule has 252 valence electrons. The second-order valence-electron chi connectivity index (χ2n) is 17.3. The van der Waals surface area contributed by atoms with Crippen LogP contribution in [0.2, 0.25) is 0 Å². The Morgan fingerprint density at radius 3 is 2.36 bits per heavy atom. The Hall–Kier alpha value is -1.97. The van der Waals surface area contributed by atoms with Gasteiger partial charge in [-0.15, -0.1) is 0 Å². The summed E-state index contributed by atoms with van der Waals surface area (Å²) in [7, 11) is 1.53. The molecule has 0 amide bonds. The van der Waals surface area contributed by atoms with E-state index in [0.29, 0.717) is 22.5 Å². The number of hydrogen-bond donors (Lipinski definition) is 1. The Morgan fingerprint density at radius 1 is 0.956 bits per heavy atom. The molecule has 1 aromatic carbocycles. The zero-order chi connectivity index (χ0) is 32.7. The average molecular weight is 621 g/mol. The number of esters is 1. The van der Waals surface area contributed by atoms with Crippen molar-refractivity contribution in [2.24, 2.45) is 63.6 Å². The number of ether oxygens (including phenoxy) is 2. The van der Waals surface area contributed by atoms with Crippen molar-refractivity contribution in [3.63, 3.8) is 0 Å². The van der Waals surface area contributed by atoms with E-state index in [-0.39, 0.29) is 23.2 Å². The van der Waals surface area contributed by atoms with E-state index in [0.717, 1.165) is 59.8 Å². The van der Waals surface area contributed by atoms with Crippen LogP contribution in [-0.2, 0) is 9.53 Å². The van der Waals surface area contributed by atoms with E-state index in [1.54, 1.807) is 24.3 Å². The largest absolute Gasteiger partial charge is 0.504 e. The molecule has 0 bridgehead atoms. The molecule has 4 aliphatic rings. The van der Waals surface area contributed by atoms with Gasteiger partial charge in [-0.2, -0.15) is 0 Å². The number of carbonyl (C=O) groups excluding carboxylic acids is 1. The SMILES string of the molecule is CC[C@H](CC[C@@H](C)[C@H]1CC[C@H]2[C@@H]3CCC4C(C)(C)C(OC(=O)/C=C/c5ccc(O)c(OC)c5)CC[C@]4(C)[C@H]3CC[C@]12C)C(C)C. The number of phenols is 1. The van der Waals surface area contributed by atoms with Gasteiger partial charge in [0.15, 0.2) is 11.5 Å². The Kier molecular flexibility index (Phi) is 10.1. The minimum absolute atomic E-state index is 0.0526. The minimum atomic E-state index is -0.282. The summed E-state index contributed by atoms with van der Waals surface area (Å²) in [4.78, 5) is 13.1. The molecule has 0 aromatic heterocycles. The van der Waals surface area contributed by atoms with Gasteiger partial charge in [-0.05, 0) is 140 Å². The van der Waals surface area contributed by atoms with Crippen LogP contribution in [0.25, 0.3) is 6.08 Å². The van der Waals surface area contributed by atoms with Crippen LogP contribution >= 0.6 is 0 Å². The molecule has 10 atom stereocenters. The van der Waals surface area contributed by atoms with Crippen molar-refractivity contribution < 1.29 is 19.4 Å². The molecule has 5 rings (SSSR count). The Bertz CT molecular complexity index is 1220. The van der Waals surface area contributed by atoms with E-state index in [4.69, 9.17) is 9.47 Å². The lowest BCUT2D eigenvalue weighted by molar-refractivity contribution is -0.194. The van der Waals surface area contributed by atoms with Crippen LogP contribution in [-0.4, -0.2) is 24.3 Å². The third kappa shape index (κ3) is 6.34. The average Bonchev–Trinajstić information content (AvgIpc) is 3.35. The Labute approximate surface area is 275 Å². The van der Waals surface area contributed by atoms with Gasteiger partial charge in [0.2, 0.25) is 0 Å². The topological polar surface area (TPSA) is 55.8 Å². The number of fused-ring (bicyclic) bond motifs is 5. The molecular formula is C41H64O4. The van der Waals surface area contributed by atoms with Gasteiger partial charge >= 0.3 is 5.97 Å². The summed E-state index contributed by atoms with van der Waals surface area (Å²) in [6.07, 6.45) is 17.7. The van der Waals surface area contributed by atoms with E-state index in [1.807, 2.05) is 0 Å². The minimum Gasteiger partial charge on any atom is -0.504 e. The molecule has 4 aliphatic carbocycles. The van der Waals surface area contributed by atoms with Gasteiger partial charge in [-0.25, -0.2) is 4.79 Å². The predicted molar refractivity (Wildman–Crippen MR) is 185 cm³/mol. The van der Waals surface area contributed by atoms with E-state index in [1.165, 1.54) is 71.0 Å². The summed E-state index contributed by atoms with van der Waals surface area (Å²) >= 11 is 0. The van der Waals surface area contributed by atoms with Crippen molar-refractivity contribution in [1.82, 2.24) is 0 Å². The lowest BCUT2D eigenvalue weighted by Gasteiger charge is -2.65. The molecule has 0 aliphatic heterocycles. The molecule has 4 saturated carbocycles. The van der Waals surface area contributed by atoms with Crippen LogP contribution in [0.5, 0.6) is 11.5 Å². The van der Waals surface area contributed by atoms with Crippen molar-refractivity contribution in [1.29, 1.82) is 0 Å². The van der Waals surface area contributed by atoms with Crippen LogP contribution in [0, 0.1) is 63.6 Å². The van der Waals surface area contributed by atoms with E-state index in [9.17, 15) is 9.90 Å². The summed E-state index contributed by atoms with van der Waals surface area (Å²) in [5.41, 5.74) is 1.58. The Balaban J connectivity index is 1.24. The highest BCUT2D eigenvalue weighted by Crippen LogP contribution is 2.70. The maximum absolute atomic E-state index is 13.1. The van der Waals surface area contributed by atoms with Crippen LogP contribution in [0.3, 0.4) is 0 Å². The molecule has 0 spiro atoms. The monoisotopic (exact) mass is 620 g/mol. The second kappa shape index (κ2) is 13.3. The van der Waals surface area contributed by atoms with Crippen LogP contribution < -0.4 is 4.74 Å². The van der Waals surface area contributed by atoms with Crippen LogP contribution in [0.1, 0.15) is 132 Å². The third-order valence-corrected chi connectivity index (χ3v) is 14.6. The smallest absolute Gasteiger partial charge is 0.331 e. The molecule has 45 heavy (non-hydrogen) atoms. The maximum atomic E-state index is 13.1. The molecule has 0 radical (unpaired) electrons. The van der Waals surface area contributed by atoms with Crippen LogP contribution in [0.15, 0.2) is 24.3 Å². The fourth-order valence-corrected chi connectivity index (χ4v) is 12.1. The highest BCUT2D eigenvalue weighted by molar-refractivity contribution is 5.87. The maximum Gasteiger partial charge on any atom is 0.331 e. The lowest BCUT2D eigenvalue weighted by atomic mass is 9.41. The standard InChI is InChI=1S/C41H64O4/c1-10-29(26(2)3)14-11-27(4)31-16-17-32-30-15-19-36-39(5,6)37(22-24-41(36,8)33(30)21-23-40(31,32)7)45-38(43)20-13-28-12-18-34(42)35(25-28)44-9/h12-13,18,20,25-27,29-33,36-37,42H,10-11,14-17,19,21-24H2,1-9H3/b20-13+/t27-,29-,30+,31-,32+,33+,36?,37?,40-,41-/m1/s1. The second-order valence-corrected chi connectivity index (χ2v) is 17.3. The highest BCUT2D eigenvalue weighted by atomic mass is 16.5. The lowest BCUT2D eigenvalue weighted by Crippen LogP contribution is -2.59. The number of phenolic OH excluding ortho intramolecular Hbond substituents is 1. The Morgan fingerprint density at radius 2 is 1.67 bits per heavy atom. The summed E-state index contributed by atoms with van der Waals surface area (Å²) in [5.74, 6) is 6.73. The van der Waals surface area contributed by atoms with Gasteiger partial charge in [-0.1, -0.05) is 74.3 Å². The number of benzene rings is 1. The molecule has 1 N–H and O–H groups in total. The molecular weight excluding hydrogens is 556 g/mol. The molecule has 1 aromatic rings. The summed E-state index contributed by atoms with van der Waals surface area (Å²) < 4.78 is 11.4. The number of methoxy groups -OCH3 is 1. The number of rotatable bonds is 10. The number of carbonyl (C=O) groups is 1.